The lowest BCUT2D eigenvalue weighted by atomic mass is 10.3. The number of nitrogen functional groups attached to an aromatic ring is 1. The zero-order valence-electron chi connectivity index (χ0n) is 15.7. The van der Waals surface area contributed by atoms with Crippen LogP contribution in [0.3, 0.4) is 0 Å². The Morgan fingerprint density at radius 2 is 1.96 bits per heavy atom. The third-order valence-electron chi connectivity index (χ3n) is 3.74. The quantitative estimate of drug-likeness (QED) is 0.601. The zero-order valence-corrected chi connectivity index (χ0v) is 15.7. The molecule has 27 heavy (non-hydrogen) atoms. The molecule has 0 bridgehead atoms. The Labute approximate surface area is 157 Å². The first-order chi connectivity index (χ1) is 12.9. The summed E-state index contributed by atoms with van der Waals surface area (Å²) >= 11 is 0. The molecule has 2 heterocycles. The van der Waals surface area contributed by atoms with Gasteiger partial charge in [0.05, 0.1) is 5.70 Å². The molecule has 2 N–H and O–H groups in total. The van der Waals surface area contributed by atoms with Crippen LogP contribution in [0, 0.1) is 0 Å². The fraction of sp³-hybridized carbons (Fsp3) is 0.150. The molecule has 0 aliphatic rings. The normalized spacial score (nSPS) is 13.4. The Balaban J connectivity index is 2.50. The summed E-state index contributed by atoms with van der Waals surface area (Å²) in [4.78, 5) is 20.8. The van der Waals surface area contributed by atoms with Crippen molar-refractivity contribution in [1.29, 1.82) is 0 Å². The van der Waals surface area contributed by atoms with Crippen molar-refractivity contribution in [2.24, 2.45) is 7.05 Å². The zero-order chi connectivity index (χ0) is 20.0. The van der Waals surface area contributed by atoms with Gasteiger partial charge in [0.1, 0.15) is 23.4 Å². The van der Waals surface area contributed by atoms with E-state index in [-0.39, 0.29) is 11.5 Å². The number of anilines is 1. The molecule has 0 amide bonds. The van der Waals surface area contributed by atoms with Gasteiger partial charge in [0, 0.05) is 7.05 Å². The summed E-state index contributed by atoms with van der Waals surface area (Å²) in [5, 5.41) is 0. The topological polar surface area (TPSA) is 88.0 Å². The summed E-state index contributed by atoms with van der Waals surface area (Å²) in [7, 11) is 1.63. The van der Waals surface area contributed by atoms with E-state index in [0.717, 1.165) is 0 Å². The summed E-state index contributed by atoms with van der Waals surface area (Å²) < 4.78 is 8.54. The molecular formula is C20H23N5O2. The molecule has 2 rings (SSSR count). The van der Waals surface area contributed by atoms with Gasteiger partial charge in [-0.05, 0) is 44.2 Å². The molecule has 0 fully saturated rings. The first kappa shape index (κ1) is 19.7. The second-order valence-electron chi connectivity index (χ2n) is 5.58. The number of allylic oxidation sites excluding steroid dienone is 9. The highest BCUT2D eigenvalue weighted by Gasteiger charge is 2.16. The van der Waals surface area contributed by atoms with E-state index in [2.05, 4.69) is 23.1 Å². The third kappa shape index (κ3) is 4.14. The Kier molecular flexibility index (Phi) is 6.32. The Morgan fingerprint density at radius 3 is 2.59 bits per heavy atom. The van der Waals surface area contributed by atoms with E-state index in [1.54, 1.807) is 44.4 Å². The maximum Gasteiger partial charge on any atom is 0.334 e. The van der Waals surface area contributed by atoms with Crippen molar-refractivity contribution in [1.82, 2.24) is 19.1 Å². The molecule has 0 unspecified atom stereocenters. The minimum absolute atomic E-state index is 0.214. The van der Waals surface area contributed by atoms with Crippen molar-refractivity contribution in [2.75, 3.05) is 5.73 Å². The molecule has 0 atom stereocenters. The lowest BCUT2D eigenvalue weighted by Crippen LogP contribution is -2.21. The van der Waals surface area contributed by atoms with Crippen molar-refractivity contribution in [3.05, 3.63) is 84.0 Å². The molecule has 0 aliphatic heterocycles. The highest BCUT2D eigenvalue weighted by atomic mass is 16.5. The first-order valence-corrected chi connectivity index (χ1v) is 8.27. The minimum atomic E-state index is -0.296. The third-order valence-corrected chi connectivity index (χ3v) is 3.74. The molecule has 7 heteroatoms. The number of aryl methyl sites for hydroxylation is 1. The lowest BCUT2D eigenvalue weighted by molar-refractivity contribution is 0.323. The highest BCUT2D eigenvalue weighted by molar-refractivity contribution is 5.86. The van der Waals surface area contributed by atoms with Gasteiger partial charge in [0.15, 0.2) is 11.5 Å². The van der Waals surface area contributed by atoms with Crippen molar-refractivity contribution < 1.29 is 4.74 Å². The van der Waals surface area contributed by atoms with Crippen LogP contribution in [0.1, 0.15) is 13.8 Å². The van der Waals surface area contributed by atoms with E-state index in [1.807, 2.05) is 19.1 Å². The van der Waals surface area contributed by atoms with E-state index in [9.17, 15) is 4.79 Å². The van der Waals surface area contributed by atoms with Gasteiger partial charge in [-0.25, -0.2) is 14.8 Å². The van der Waals surface area contributed by atoms with Crippen molar-refractivity contribution >= 4 is 22.7 Å². The van der Waals surface area contributed by atoms with Gasteiger partial charge in [0.25, 0.3) is 0 Å². The molecule has 0 saturated carbocycles. The van der Waals surface area contributed by atoms with E-state index in [0.29, 0.717) is 28.4 Å². The van der Waals surface area contributed by atoms with Gasteiger partial charge in [0.2, 0.25) is 0 Å². The number of nitrogens with two attached hydrogens (primary N) is 1. The fourth-order valence-electron chi connectivity index (χ4n) is 2.41. The first-order valence-electron chi connectivity index (χ1n) is 8.27. The fourth-order valence-corrected chi connectivity index (χ4v) is 2.41. The van der Waals surface area contributed by atoms with Gasteiger partial charge in [-0.2, -0.15) is 0 Å². The Morgan fingerprint density at radius 1 is 1.22 bits per heavy atom. The van der Waals surface area contributed by atoms with Gasteiger partial charge in [-0.15, -0.1) is 0 Å². The summed E-state index contributed by atoms with van der Waals surface area (Å²) in [6.45, 7) is 11.2. The molecule has 0 radical (unpaired) electrons. The maximum atomic E-state index is 12.7. The number of imidazole rings is 1. The van der Waals surface area contributed by atoms with E-state index in [1.165, 1.54) is 15.5 Å². The van der Waals surface area contributed by atoms with Crippen LogP contribution in [0.25, 0.3) is 16.9 Å². The van der Waals surface area contributed by atoms with Crippen molar-refractivity contribution in [3.63, 3.8) is 0 Å². The van der Waals surface area contributed by atoms with Crippen LogP contribution in [-0.4, -0.2) is 19.1 Å². The Hall–Kier alpha value is -3.61. The molecule has 2 aromatic rings. The smallest absolute Gasteiger partial charge is 0.334 e. The molecule has 0 aromatic carbocycles. The van der Waals surface area contributed by atoms with Crippen LogP contribution in [0.2, 0.25) is 0 Å². The van der Waals surface area contributed by atoms with Crippen LogP contribution in [0.15, 0.2) is 78.3 Å². The predicted octanol–water partition coefficient (Wildman–Crippen LogP) is 3.31. The Bertz CT molecular complexity index is 1050. The number of ether oxygens (including phenoxy) is 1. The standard InChI is InChI=1S/C20H23N5O2/c1-6-9-10-16(8-3)27-14(4)11-12-15(7-2)25-17-18(21)22-13-23-19(17)24(5)20(25)26/h6-13H,2-3H2,1,4-5H3,(H2,21,22,23)/b9-6-,14-11+,15-12+,16-10+. The number of fused-ring (bicyclic) bond motifs is 1. The molecule has 7 nitrogen and oxygen atoms in total. The van der Waals surface area contributed by atoms with Crippen molar-refractivity contribution in [2.45, 2.75) is 13.8 Å². The van der Waals surface area contributed by atoms with E-state index in [4.69, 9.17) is 10.5 Å². The van der Waals surface area contributed by atoms with E-state index >= 15 is 0 Å². The summed E-state index contributed by atoms with van der Waals surface area (Å²) in [5.41, 5.74) is 7.07. The van der Waals surface area contributed by atoms with Crippen molar-refractivity contribution in [3.8, 4) is 0 Å². The van der Waals surface area contributed by atoms with Gasteiger partial charge in [-0.3, -0.25) is 9.13 Å². The lowest BCUT2D eigenvalue weighted by Gasteiger charge is -2.07. The van der Waals surface area contributed by atoms with Gasteiger partial charge >= 0.3 is 5.69 Å². The molecule has 140 valence electrons. The summed E-state index contributed by atoms with van der Waals surface area (Å²) in [5.74, 6) is 1.43. The minimum Gasteiger partial charge on any atom is -0.462 e. The summed E-state index contributed by atoms with van der Waals surface area (Å²) in [6.07, 6.45) is 13.5. The molecular weight excluding hydrogens is 342 g/mol. The van der Waals surface area contributed by atoms with Gasteiger partial charge < -0.3 is 10.5 Å². The molecule has 0 spiro atoms. The maximum absolute atomic E-state index is 12.7. The van der Waals surface area contributed by atoms with Crippen LogP contribution >= 0.6 is 0 Å². The largest absolute Gasteiger partial charge is 0.462 e. The number of aromatic nitrogens is 4. The van der Waals surface area contributed by atoms with Crippen LogP contribution < -0.4 is 11.4 Å². The second-order valence-corrected chi connectivity index (χ2v) is 5.58. The molecule has 0 saturated heterocycles. The van der Waals surface area contributed by atoms with Crippen LogP contribution in [-0.2, 0) is 11.8 Å². The molecule has 2 aromatic heterocycles. The van der Waals surface area contributed by atoms with Gasteiger partial charge in [-0.1, -0.05) is 25.3 Å². The summed E-state index contributed by atoms with van der Waals surface area (Å²) in [6, 6.07) is 0. The number of hydrogen-bond donors (Lipinski definition) is 1. The number of rotatable bonds is 7. The van der Waals surface area contributed by atoms with Crippen LogP contribution in [0.5, 0.6) is 0 Å². The SMILES string of the molecule is C=C/C(=C\C=C/C)O/C(C)=C/C=C(\C=C)n1c(=O)n(C)c2ncnc(N)c21. The van der Waals surface area contributed by atoms with Crippen LogP contribution in [0.4, 0.5) is 5.82 Å². The second kappa shape index (κ2) is 8.66. The number of hydrogen-bond acceptors (Lipinski definition) is 5. The predicted molar refractivity (Wildman–Crippen MR) is 110 cm³/mol. The monoisotopic (exact) mass is 365 g/mol. The average Bonchev–Trinajstić information content (AvgIpc) is 2.92. The average molecular weight is 365 g/mol. The number of nitrogens with zero attached hydrogens (tertiary/aromatic N) is 4. The highest BCUT2D eigenvalue weighted by Crippen LogP contribution is 2.19. The molecule has 0 aliphatic carbocycles. The van der Waals surface area contributed by atoms with E-state index < -0.39 is 0 Å².